The molecule has 4 heteroatoms. The fraction of sp³-hybridized carbons (Fsp3) is 0.769. The summed E-state index contributed by atoms with van der Waals surface area (Å²) >= 11 is 0. The van der Waals surface area contributed by atoms with Crippen LogP contribution in [-0.4, -0.2) is 43.6 Å². The van der Waals surface area contributed by atoms with Crippen LogP contribution in [0, 0.1) is 5.92 Å². The van der Waals surface area contributed by atoms with Crippen molar-refractivity contribution in [2.75, 3.05) is 33.7 Å². The number of likely N-dealkylation sites (N-methyl/N-ethyl adjacent to an activating group) is 1. The molecule has 0 bridgehead atoms. The largest absolute Gasteiger partial charge is 0.446 e. The first-order chi connectivity index (χ1) is 8.28. The third kappa shape index (κ3) is 3.82. The highest BCUT2D eigenvalue weighted by molar-refractivity contribution is 4.96. The molecule has 96 valence electrons. The standard InChI is InChI=1S/C13H23N3O/c1-14-6-3-12-10-15-13(17-12)9-11-4-7-16(2)8-5-11/h10-11,14H,3-9H2,1-2H3. The number of piperidine rings is 1. The smallest absolute Gasteiger partial charge is 0.194 e. The Morgan fingerprint density at radius 3 is 2.94 bits per heavy atom. The molecule has 1 aromatic heterocycles. The molecule has 1 saturated heterocycles. The highest BCUT2D eigenvalue weighted by Crippen LogP contribution is 2.20. The summed E-state index contributed by atoms with van der Waals surface area (Å²) in [6, 6.07) is 0. The Balaban J connectivity index is 1.80. The lowest BCUT2D eigenvalue weighted by molar-refractivity contribution is 0.211. The van der Waals surface area contributed by atoms with Crippen molar-refractivity contribution in [3.05, 3.63) is 17.8 Å². The van der Waals surface area contributed by atoms with Gasteiger partial charge in [-0.3, -0.25) is 0 Å². The molecule has 0 amide bonds. The fourth-order valence-electron chi connectivity index (χ4n) is 2.32. The molecule has 1 aliphatic rings. The van der Waals surface area contributed by atoms with Crippen LogP contribution in [0.3, 0.4) is 0 Å². The monoisotopic (exact) mass is 237 g/mol. The molecule has 0 aromatic carbocycles. The molecule has 0 spiro atoms. The van der Waals surface area contributed by atoms with Crippen molar-refractivity contribution in [1.29, 1.82) is 0 Å². The predicted molar refractivity (Wildman–Crippen MR) is 68.1 cm³/mol. The molecule has 4 nitrogen and oxygen atoms in total. The van der Waals surface area contributed by atoms with E-state index in [0.717, 1.165) is 37.0 Å². The number of nitrogens with one attached hydrogen (secondary N) is 1. The number of aromatic nitrogens is 1. The highest BCUT2D eigenvalue weighted by Gasteiger charge is 2.18. The minimum Gasteiger partial charge on any atom is -0.446 e. The molecule has 2 heterocycles. The van der Waals surface area contributed by atoms with E-state index in [1.165, 1.54) is 25.9 Å². The van der Waals surface area contributed by atoms with Gasteiger partial charge >= 0.3 is 0 Å². The zero-order valence-corrected chi connectivity index (χ0v) is 10.9. The molecule has 0 atom stereocenters. The van der Waals surface area contributed by atoms with Crippen LogP contribution in [0.25, 0.3) is 0 Å². The quantitative estimate of drug-likeness (QED) is 0.838. The second-order valence-corrected chi connectivity index (χ2v) is 5.02. The maximum Gasteiger partial charge on any atom is 0.194 e. The van der Waals surface area contributed by atoms with Gasteiger partial charge in [0.15, 0.2) is 5.89 Å². The van der Waals surface area contributed by atoms with E-state index in [-0.39, 0.29) is 0 Å². The van der Waals surface area contributed by atoms with Crippen molar-refractivity contribution >= 4 is 0 Å². The molecule has 0 aliphatic carbocycles. The molecule has 0 radical (unpaired) electrons. The van der Waals surface area contributed by atoms with Gasteiger partial charge in [0.25, 0.3) is 0 Å². The Labute approximate surface area is 103 Å². The molecular formula is C13H23N3O. The van der Waals surface area contributed by atoms with Gasteiger partial charge in [0.2, 0.25) is 0 Å². The molecular weight excluding hydrogens is 214 g/mol. The van der Waals surface area contributed by atoms with Crippen molar-refractivity contribution in [3.63, 3.8) is 0 Å². The molecule has 0 unspecified atom stereocenters. The summed E-state index contributed by atoms with van der Waals surface area (Å²) < 4.78 is 5.75. The van der Waals surface area contributed by atoms with Crippen LogP contribution < -0.4 is 5.32 Å². The average Bonchev–Trinajstić information content (AvgIpc) is 2.77. The first-order valence-electron chi connectivity index (χ1n) is 6.54. The van der Waals surface area contributed by atoms with Crippen LogP contribution >= 0.6 is 0 Å². The summed E-state index contributed by atoms with van der Waals surface area (Å²) in [5.41, 5.74) is 0. The topological polar surface area (TPSA) is 41.3 Å². The van der Waals surface area contributed by atoms with Crippen molar-refractivity contribution in [1.82, 2.24) is 15.2 Å². The minimum absolute atomic E-state index is 0.752. The predicted octanol–water partition coefficient (Wildman–Crippen LogP) is 1.32. The third-order valence-corrected chi connectivity index (χ3v) is 3.52. The molecule has 1 fully saturated rings. The zero-order chi connectivity index (χ0) is 12.1. The molecule has 0 saturated carbocycles. The van der Waals surface area contributed by atoms with E-state index in [4.69, 9.17) is 4.42 Å². The SMILES string of the molecule is CNCCc1cnc(CC2CCN(C)CC2)o1. The van der Waals surface area contributed by atoms with Gasteiger partial charge in [0, 0.05) is 19.4 Å². The van der Waals surface area contributed by atoms with E-state index in [9.17, 15) is 0 Å². The van der Waals surface area contributed by atoms with Gasteiger partial charge < -0.3 is 14.6 Å². The molecule has 17 heavy (non-hydrogen) atoms. The van der Waals surface area contributed by atoms with E-state index in [2.05, 4.69) is 22.2 Å². The summed E-state index contributed by atoms with van der Waals surface area (Å²) in [5, 5.41) is 3.12. The Bertz CT molecular complexity index is 329. The van der Waals surface area contributed by atoms with Gasteiger partial charge in [-0.1, -0.05) is 0 Å². The van der Waals surface area contributed by atoms with Crippen LogP contribution in [0.2, 0.25) is 0 Å². The van der Waals surface area contributed by atoms with Crippen molar-refractivity contribution in [2.24, 2.45) is 5.92 Å². The number of likely N-dealkylation sites (tertiary alicyclic amines) is 1. The van der Waals surface area contributed by atoms with E-state index >= 15 is 0 Å². The zero-order valence-electron chi connectivity index (χ0n) is 10.9. The second-order valence-electron chi connectivity index (χ2n) is 5.02. The number of oxazole rings is 1. The number of nitrogens with zero attached hydrogens (tertiary/aromatic N) is 2. The number of hydrogen-bond acceptors (Lipinski definition) is 4. The summed E-state index contributed by atoms with van der Waals surface area (Å²) in [7, 11) is 4.15. The first kappa shape index (κ1) is 12.6. The first-order valence-corrected chi connectivity index (χ1v) is 6.54. The second kappa shape index (κ2) is 6.17. The highest BCUT2D eigenvalue weighted by atomic mass is 16.4. The summed E-state index contributed by atoms with van der Waals surface area (Å²) in [4.78, 5) is 6.77. The van der Waals surface area contributed by atoms with Gasteiger partial charge in [-0.25, -0.2) is 4.98 Å². The van der Waals surface area contributed by atoms with E-state index in [1.54, 1.807) is 0 Å². The van der Waals surface area contributed by atoms with Gasteiger partial charge in [0.05, 0.1) is 6.20 Å². The number of rotatable bonds is 5. The average molecular weight is 237 g/mol. The van der Waals surface area contributed by atoms with Crippen LogP contribution in [0.15, 0.2) is 10.6 Å². The van der Waals surface area contributed by atoms with Gasteiger partial charge in [0.1, 0.15) is 5.76 Å². The van der Waals surface area contributed by atoms with E-state index < -0.39 is 0 Å². The van der Waals surface area contributed by atoms with Crippen LogP contribution in [0.5, 0.6) is 0 Å². The lowest BCUT2D eigenvalue weighted by Crippen LogP contribution is -2.30. The van der Waals surface area contributed by atoms with Crippen LogP contribution in [-0.2, 0) is 12.8 Å². The Kier molecular flexibility index (Phi) is 4.57. The van der Waals surface area contributed by atoms with E-state index in [0.29, 0.717) is 0 Å². The van der Waals surface area contributed by atoms with Crippen molar-refractivity contribution in [2.45, 2.75) is 25.7 Å². The van der Waals surface area contributed by atoms with Gasteiger partial charge in [-0.2, -0.15) is 0 Å². The molecule has 1 N–H and O–H groups in total. The maximum atomic E-state index is 5.75. The molecule has 2 rings (SSSR count). The fourth-order valence-corrected chi connectivity index (χ4v) is 2.32. The van der Waals surface area contributed by atoms with Gasteiger partial charge in [-0.05, 0) is 45.9 Å². The molecule has 1 aromatic rings. The Morgan fingerprint density at radius 1 is 1.47 bits per heavy atom. The van der Waals surface area contributed by atoms with Crippen LogP contribution in [0.4, 0.5) is 0 Å². The Morgan fingerprint density at radius 2 is 2.24 bits per heavy atom. The van der Waals surface area contributed by atoms with Crippen LogP contribution in [0.1, 0.15) is 24.5 Å². The summed E-state index contributed by atoms with van der Waals surface area (Å²) in [6.07, 6.45) is 6.35. The third-order valence-electron chi connectivity index (χ3n) is 3.52. The van der Waals surface area contributed by atoms with Gasteiger partial charge in [-0.15, -0.1) is 0 Å². The lowest BCUT2D eigenvalue weighted by Gasteiger charge is -2.28. The van der Waals surface area contributed by atoms with E-state index in [1.807, 2.05) is 13.2 Å². The summed E-state index contributed by atoms with van der Waals surface area (Å²) in [6.45, 7) is 3.36. The maximum absolute atomic E-state index is 5.75. The number of hydrogen-bond donors (Lipinski definition) is 1. The Hall–Kier alpha value is -0.870. The normalized spacial score (nSPS) is 18.7. The van der Waals surface area contributed by atoms with Crippen molar-refractivity contribution in [3.8, 4) is 0 Å². The minimum atomic E-state index is 0.752. The summed E-state index contributed by atoms with van der Waals surface area (Å²) in [5.74, 6) is 2.68. The molecule has 1 aliphatic heterocycles. The lowest BCUT2D eigenvalue weighted by atomic mass is 9.94. The van der Waals surface area contributed by atoms with Crippen molar-refractivity contribution < 1.29 is 4.42 Å².